The maximum absolute atomic E-state index is 13.1. The summed E-state index contributed by atoms with van der Waals surface area (Å²) in [7, 11) is 0. The van der Waals surface area contributed by atoms with Crippen molar-refractivity contribution >= 4 is 48.9 Å². The average molecular weight is 422 g/mol. The van der Waals surface area contributed by atoms with Crippen LogP contribution in [0.3, 0.4) is 0 Å². The van der Waals surface area contributed by atoms with Crippen LogP contribution in [-0.4, -0.2) is 13.1 Å². The highest BCUT2D eigenvalue weighted by molar-refractivity contribution is 9.13. The summed E-state index contributed by atoms with van der Waals surface area (Å²) in [5, 5.41) is 0. The van der Waals surface area contributed by atoms with Crippen molar-refractivity contribution in [3.63, 3.8) is 0 Å². The highest BCUT2D eigenvalue weighted by atomic mass is 79.9. The number of rotatable bonds is 5. The summed E-state index contributed by atoms with van der Waals surface area (Å²) in [6.45, 7) is 3.38. The van der Waals surface area contributed by atoms with E-state index in [-0.39, 0.29) is 11.9 Å². The van der Waals surface area contributed by atoms with E-state index in [1.54, 1.807) is 23.5 Å². The first-order chi connectivity index (χ1) is 9.56. The summed E-state index contributed by atoms with van der Waals surface area (Å²) in [6.07, 6.45) is 0. The van der Waals surface area contributed by atoms with Gasteiger partial charge in [0.25, 0.3) is 0 Å². The molecular formula is C14H15Br2FN2S. The Morgan fingerprint density at radius 1 is 1.30 bits per heavy atom. The SMILES string of the molecule is CCN(c1ccc(F)cc1)C(CN)c1cc(Br)c(Br)s1. The molecule has 1 aromatic carbocycles. The van der Waals surface area contributed by atoms with Gasteiger partial charge in [0, 0.05) is 28.1 Å². The van der Waals surface area contributed by atoms with Crippen LogP contribution in [0.15, 0.2) is 38.6 Å². The minimum Gasteiger partial charge on any atom is -0.363 e. The zero-order valence-corrected chi connectivity index (χ0v) is 14.9. The Hall–Kier alpha value is -0.430. The highest BCUT2D eigenvalue weighted by Crippen LogP contribution is 2.38. The van der Waals surface area contributed by atoms with Crippen LogP contribution in [0.2, 0.25) is 0 Å². The molecule has 0 amide bonds. The Bertz CT molecular complexity index is 552. The van der Waals surface area contributed by atoms with E-state index in [9.17, 15) is 4.39 Å². The normalized spacial score (nSPS) is 12.4. The number of hydrogen-bond donors (Lipinski definition) is 1. The lowest BCUT2D eigenvalue weighted by molar-refractivity contribution is 0.624. The first kappa shape index (κ1) is 15.9. The largest absolute Gasteiger partial charge is 0.363 e. The second kappa shape index (κ2) is 7.02. The Morgan fingerprint density at radius 3 is 2.40 bits per heavy atom. The van der Waals surface area contributed by atoms with Crippen LogP contribution in [-0.2, 0) is 0 Å². The van der Waals surface area contributed by atoms with E-state index in [2.05, 4.69) is 49.7 Å². The third-order valence-corrected chi connectivity index (χ3v) is 6.45. The minimum atomic E-state index is -0.226. The van der Waals surface area contributed by atoms with Gasteiger partial charge in [-0.05, 0) is 69.1 Å². The lowest BCUT2D eigenvalue weighted by Crippen LogP contribution is -2.33. The number of benzene rings is 1. The Kier molecular flexibility index (Phi) is 5.60. The monoisotopic (exact) mass is 420 g/mol. The molecule has 0 aliphatic carbocycles. The summed E-state index contributed by atoms with van der Waals surface area (Å²) >= 11 is 8.68. The fraction of sp³-hybridized carbons (Fsp3) is 0.286. The van der Waals surface area contributed by atoms with Gasteiger partial charge in [0.05, 0.1) is 9.83 Å². The molecule has 6 heteroatoms. The minimum absolute atomic E-state index is 0.0815. The fourth-order valence-electron chi connectivity index (χ4n) is 2.14. The fourth-order valence-corrected chi connectivity index (χ4v) is 4.36. The van der Waals surface area contributed by atoms with Crippen molar-refractivity contribution in [2.75, 3.05) is 18.0 Å². The lowest BCUT2D eigenvalue weighted by atomic mass is 10.1. The molecule has 2 aromatic rings. The second-order valence-corrected chi connectivity index (χ2v) is 7.54. The third-order valence-electron chi connectivity index (χ3n) is 3.09. The van der Waals surface area contributed by atoms with Gasteiger partial charge in [-0.3, -0.25) is 0 Å². The quantitative estimate of drug-likeness (QED) is 0.740. The molecule has 0 saturated carbocycles. The van der Waals surface area contributed by atoms with E-state index in [0.717, 1.165) is 20.5 Å². The summed E-state index contributed by atoms with van der Waals surface area (Å²) in [5.74, 6) is -0.226. The van der Waals surface area contributed by atoms with E-state index < -0.39 is 0 Å². The van der Waals surface area contributed by atoms with Crippen molar-refractivity contribution in [3.8, 4) is 0 Å². The number of likely N-dealkylation sites (N-methyl/N-ethyl adjacent to an activating group) is 1. The molecule has 1 atom stereocenters. The van der Waals surface area contributed by atoms with Crippen molar-refractivity contribution in [2.24, 2.45) is 5.73 Å². The third kappa shape index (κ3) is 3.42. The Labute approximate surface area is 139 Å². The molecule has 1 unspecified atom stereocenters. The van der Waals surface area contributed by atoms with Gasteiger partial charge in [-0.25, -0.2) is 4.39 Å². The van der Waals surface area contributed by atoms with Gasteiger partial charge >= 0.3 is 0 Å². The van der Waals surface area contributed by atoms with Gasteiger partial charge in [-0.1, -0.05) is 0 Å². The molecule has 0 aliphatic heterocycles. The lowest BCUT2D eigenvalue weighted by Gasteiger charge is -2.31. The van der Waals surface area contributed by atoms with Crippen molar-refractivity contribution in [2.45, 2.75) is 13.0 Å². The van der Waals surface area contributed by atoms with Gasteiger partial charge in [0.2, 0.25) is 0 Å². The zero-order chi connectivity index (χ0) is 14.7. The van der Waals surface area contributed by atoms with Crippen molar-refractivity contribution in [3.05, 3.63) is 49.3 Å². The molecule has 108 valence electrons. The molecule has 0 bridgehead atoms. The molecule has 0 aliphatic rings. The van der Waals surface area contributed by atoms with E-state index in [1.165, 1.54) is 17.0 Å². The summed E-state index contributed by atoms with van der Waals surface area (Å²) in [4.78, 5) is 3.36. The Balaban J connectivity index is 2.34. The predicted molar refractivity (Wildman–Crippen MR) is 90.9 cm³/mol. The predicted octanol–water partition coefficient (Wildman–Crippen LogP) is 4.94. The van der Waals surface area contributed by atoms with E-state index >= 15 is 0 Å². The van der Waals surface area contributed by atoms with E-state index in [0.29, 0.717) is 6.54 Å². The molecule has 0 radical (unpaired) electrons. The van der Waals surface area contributed by atoms with Gasteiger partial charge in [-0.2, -0.15) is 0 Å². The van der Waals surface area contributed by atoms with E-state index in [1.807, 2.05) is 0 Å². The molecule has 1 heterocycles. The van der Waals surface area contributed by atoms with E-state index in [4.69, 9.17) is 5.73 Å². The number of hydrogen-bond acceptors (Lipinski definition) is 3. The van der Waals surface area contributed by atoms with Gasteiger partial charge in [0.1, 0.15) is 5.82 Å². The number of nitrogens with two attached hydrogens (primary N) is 1. The first-order valence-corrected chi connectivity index (χ1v) is 8.64. The zero-order valence-electron chi connectivity index (χ0n) is 10.9. The van der Waals surface area contributed by atoms with Gasteiger partial charge in [0.15, 0.2) is 0 Å². The molecule has 0 saturated heterocycles. The standard InChI is InChI=1S/C14H15Br2FN2S/c1-2-19(10-5-3-9(17)4-6-10)12(8-18)13-7-11(15)14(16)20-13/h3-7,12H,2,8,18H2,1H3. The number of nitrogens with zero attached hydrogens (tertiary/aromatic N) is 1. The molecule has 0 spiro atoms. The molecule has 2 nitrogen and oxygen atoms in total. The number of halogens is 3. The van der Waals surface area contributed by atoms with Crippen LogP contribution in [0.4, 0.5) is 10.1 Å². The molecular weight excluding hydrogens is 407 g/mol. The summed E-state index contributed by atoms with van der Waals surface area (Å²) in [5.41, 5.74) is 6.95. The highest BCUT2D eigenvalue weighted by Gasteiger charge is 2.21. The molecule has 20 heavy (non-hydrogen) atoms. The number of anilines is 1. The molecule has 0 fully saturated rings. The van der Waals surface area contributed by atoms with Crippen molar-refractivity contribution in [1.82, 2.24) is 0 Å². The molecule has 1 aromatic heterocycles. The smallest absolute Gasteiger partial charge is 0.123 e. The van der Waals surface area contributed by atoms with Crippen LogP contribution in [0.1, 0.15) is 17.8 Å². The summed E-state index contributed by atoms with van der Waals surface area (Å²) in [6, 6.07) is 8.70. The topological polar surface area (TPSA) is 29.3 Å². The summed E-state index contributed by atoms with van der Waals surface area (Å²) < 4.78 is 15.2. The van der Waals surface area contributed by atoms with Crippen molar-refractivity contribution in [1.29, 1.82) is 0 Å². The maximum atomic E-state index is 13.1. The van der Waals surface area contributed by atoms with Crippen molar-refractivity contribution < 1.29 is 4.39 Å². The van der Waals surface area contributed by atoms with Crippen LogP contribution in [0.5, 0.6) is 0 Å². The van der Waals surface area contributed by atoms with Crippen LogP contribution in [0.25, 0.3) is 0 Å². The second-order valence-electron chi connectivity index (χ2n) is 4.28. The van der Waals surface area contributed by atoms with Crippen LogP contribution >= 0.6 is 43.2 Å². The first-order valence-electron chi connectivity index (χ1n) is 6.23. The molecule has 2 rings (SSSR count). The Morgan fingerprint density at radius 2 is 1.95 bits per heavy atom. The van der Waals surface area contributed by atoms with Gasteiger partial charge in [-0.15, -0.1) is 11.3 Å². The number of thiophene rings is 1. The van der Waals surface area contributed by atoms with Crippen LogP contribution < -0.4 is 10.6 Å². The van der Waals surface area contributed by atoms with Gasteiger partial charge < -0.3 is 10.6 Å². The molecule has 2 N–H and O–H groups in total. The maximum Gasteiger partial charge on any atom is 0.123 e. The average Bonchev–Trinajstić information content (AvgIpc) is 2.77. The van der Waals surface area contributed by atoms with Crippen LogP contribution in [0, 0.1) is 5.82 Å².